The number of nitrogens with one attached hydrogen (secondary N) is 1. The van der Waals surface area contributed by atoms with E-state index in [0.29, 0.717) is 6.54 Å². The second-order valence-corrected chi connectivity index (χ2v) is 6.15. The minimum Gasteiger partial charge on any atom is -0.389 e. The first-order valence-electron chi connectivity index (χ1n) is 7.35. The number of β-amino-alcohol motifs (C(OH)–C–C–N with tert-alkyl or cyclic N) is 1. The van der Waals surface area contributed by atoms with E-state index in [1.807, 2.05) is 11.8 Å². The van der Waals surface area contributed by atoms with Gasteiger partial charge in [-0.1, -0.05) is 12.1 Å². The summed E-state index contributed by atoms with van der Waals surface area (Å²) in [5, 5.41) is 12.9. The number of carbonyl (C=O) groups excluding carboxylic acids is 1. The fourth-order valence-electron chi connectivity index (χ4n) is 2.78. The Morgan fingerprint density at radius 2 is 2.14 bits per heavy atom. The molecular weight excluding hydrogens is 271 g/mol. The van der Waals surface area contributed by atoms with Crippen LogP contribution in [0.25, 0.3) is 0 Å². The molecule has 0 aliphatic carbocycles. The standard InChI is InChI=1S/C16H23FN2O2/c1-12(13-4-6-14(17)7-5-13)18-15(20)10-19-9-3-8-16(2,21)11-19/h4-7,12,21H,3,8-11H2,1-2H3,(H,18,20). The van der Waals surface area contributed by atoms with Crippen LogP contribution in [0.1, 0.15) is 38.3 Å². The molecule has 1 aliphatic heterocycles. The van der Waals surface area contributed by atoms with Gasteiger partial charge in [-0.3, -0.25) is 9.69 Å². The molecule has 1 aromatic rings. The summed E-state index contributed by atoms with van der Waals surface area (Å²) in [5.74, 6) is -0.364. The van der Waals surface area contributed by atoms with Crippen molar-refractivity contribution in [1.82, 2.24) is 10.2 Å². The molecule has 1 heterocycles. The number of halogens is 1. The topological polar surface area (TPSA) is 52.6 Å². The summed E-state index contributed by atoms with van der Waals surface area (Å²) in [6, 6.07) is 5.96. The molecule has 0 saturated carbocycles. The number of carbonyl (C=O) groups is 1. The molecule has 0 spiro atoms. The van der Waals surface area contributed by atoms with Crippen molar-refractivity contribution in [2.75, 3.05) is 19.6 Å². The van der Waals surface area contributed by atoms with Crippen LogP contribution in [0.5, 0.6) is 0 Å². The van der Waals surface area contributed by atoms with E-state index in [0.717, 1.165) is 24.9 Å². The van der Waals surface area contributed by atoms with Crippen LogP contribution in [0.4, 0.5) is 4.39 Å². The lowest BCUT2D eigenvalue weighted by molar-refractivity contribution is -0.124. The summed E-state index contributed by atoms with van der Waals surface area (Å²) in [7, 11) is 0. The Morgan fingerprint density at radius 3 is 2.76 bits per heavy atom. The lowest BCUT2D eigenvalue weighted by Gasteiger charge is -2.36. The number of rotatable bonds is 4. The van der Waals surface area contributed by atoms with Crippen molar-refractivity contribution in [3.63, 3.8) is 0 Å². The third kappa shape index (κ3) is 4.79. The van der Waals surface area contributed by atoms with Gasteiger partial charge >= 0.3 is 0 Å². The van der Waals surface area contributed by atoms with Gasteiger partial charge in [-0.25, -0.2) is 4.39 Å². The Morgan fingerprint density at radius 1 is 1.48 bits per heavy atom. The predicted molar refractivity (Wildman–Crippen MR) is 79.3 cm³/mol. The fraction of sp³-hybridized carbons (Fsp3) is 0.562. The Hall–Kier alpha value is -1.46. The van der Waals surface area contributed by atoms with Crippen LogP contribution in [-0.2, 0) is 4.79 Å². The first-order valence-corrected chi connectivity index (χ1v) is 7.35. The van der Waals surface area contributed by atoms with Gasteiger partial charge in [-0.2, -0.15) is 0 Å². The Balaban J connectivity index is 1.85. The van der Waals surface area contributed by atoms with E-state index >= 15 is 0 Å². The zero-order chi connectivity index (χ0) is 15.5. The SMILES string of the molecule is CC(NC(=O)CN1CCCC(C)(O)C1)c1ccc(F)cc1. The fourth-order valence-corrected chi connectivity index (χ4v) is 2.78. The van der Waals surface area contributed by atoms with Crippen LogP contribution in [0.15, 0.2) is 24.3 Å². The minimum atomic E-state index is -0.707. The van der Waals surface area contributed by atoms with Gasteiger partial charge < -0.3 is 10.4 Å². The van der Waals surface area contributed by atoms with Crippen LogP contribution >= 0.6 is 0 Å². The lowest BCUT2D eigenvalue weighted by atomic mass is 9.95. The van der Waals surface area contributed by atoms with Crippen molar-refractivity contribution in [3.05, 3.63) is 35.6 Å². The minimum absolute atomic E-state index is 0.0791. The molecule has 2 atom stereocenters. The largest absolute Gasteiger partial charge is 0.389 e. The maximum Gasteiger partial charge on any atom is 0.234 e. The van der Waals surface area contributed by atoms with Crippen LogP contribution in [0, 0.1) is 5.82 Å². The molecule has 2 unspecified atom stereocenters. The molecule has 2 rings (SSSR count). The van der Waals surface area contributed by atoms with E-state index in [-0.39, 0.29) is 24.3 Å². The molecule has 4 nitrogen and oxygen atoms in total. The first-order chi connectivity index (χ1) is 9.85. The van der Waals surface area contributed by atoms with Crippen molar-refractivity contribution < 1.29 is 14.3 Å². The molecule has 2 N–H and O–H groups in total. The number of amides is 1. The highest BCUT2D eigenvalue weighted by Gasteiger charge is 2.29. The number of piperidine rings is 1. The molecule has 0 aromatic heterocycles. The van der Waals surface area contributed by atoms with E-state index in [9.17, 15) is 14.3 Å². The zero-order valence-corrected chi connectivity index (χ0v) is 12.6. The summed E-state index contributed by atoms with van der Waals surface area (Å²) in [4.78, 5) is 14.0. The van der Waals surface area contributed by atoms with E-state index in [1.165, 1.54) is 12.1 Å². The molecular formula is C16H23FN2O2. The lowest BCUT2D eigenvalue weighted by Crippen LogP contribution is -2.49. The van der Waals surface area contributed by atoms with Crippen molar-refractivity contribution in [2.45, 2.75) is 38.3 Å². The Bertz CT molecular complexity index is 488. The first kappa shape index (κ1) is 15.9. The number of benzene rings is 1. The van der Waals surface area contributed by atoms with E-state index in [1.54, 1.807) is 19.1 Å². The average Bonchev–Trinajstić information content (AvgIpc) is 2.37. The summed E-state index contributed by atoms with van der Waals surface area (Å²) in [6.07, 6.45) is 1.67. The molecule has 1 amide bonds. The number of hydrogen-bond donors (Lipinski definition) is 2. The highest BCUT2D eigenvalue weighted by Crippen LogP contribution is 2.20. The maximum absolute atomic E-state index is 12.9. The zero-order valence-electron chi connectivity index (χ0n) is 12.6. The van der Waals surface area contributed by atoms with Gasteiger partial charge in [0.25, 0.3) is 0 Å². The third-order valence-corrected chi connectivity index (χ3v) is 3.87. The highest BCUT2D eigenvalue weighted by atomic mass is 19.1. The average molecular weight is 294 g/mol. The van der Waals surface area contributed by atoms with Gasteiger partial charge in [0.15, 0.2) is 0 Å². The van der Waals surface area contributed by atoms with E-state index in [2.05, 4.69) is 5.32 Å². The van der Waals surface area contributed by atoms with Crippen molar-refractivity contribution in [1.29, 1.82) is 0 Å². The summed E-state index contributed by atoms with van der Waals surface area (Å²) in [6.45, 7) is 5.30. The van der Waals surface area contributed by atoms with Crippen molar-refractivity contribution >= 4 is 5.91 Å². The van der Waals surface area contributed by atoms with Crippen molar-refractivity contribution in [3.8, 4) is 0 Å². The van der Waals surface area contributed by atoms with Gasteiger partial charge in [-0.05, 0) is 50.9 Å². The molecule has 116 valence electrons. The summed E-state index contributed by atoms with van der Waals surface area (Å²) < 4.78 is 12.9. The molecule has 0 radical (unpaired) electrons. The molecule has 5 heteroatoms. The van der Waals surface area contributed by atoms with E-state index in [4.69, 9.17) is 0 Å². The predicted octanol–water partition coefficient (Wildman–Crippen LogP) is 1.85. The Kier molecular flexibility index (Phi) is 4.96. The second kappa shape index (κ2) is 6.54. The molecule has 1 fully saturated rings. The number of likely N-dealkylation sites (tertiary alicyclic amines) is 1. The van der Waals surface area contributed by atoms with Gasteiger partial charge in [0.1, 0.15) is 5.82 Å². The van der Waals surface area contributed by atoms with Gasteiger partial charge in [0.05, 0.1) is 18.2 Å². The molecule has 1 aromatic carbocycles. The highest BCUT2D eigenvalue weighted by molar-refractivity contribution is 5.78. The molecule has 1 aliphatic rings. The second-order valence-electron chi connectivity index (χ2n) is 6.15. The quantitative estimate of drug-likeness (QED) is 0.891. The smallest absolute Gasteiger partial charge is 0.234 e. The van der Waals surface area contributed by atoms with Crippen LogP contribution in [-0.4, -0.2) is 41.1 Å². The Labute approximate surface area is 125 Å². The number of hydrogen-bond acceptors (Lipinski definition) is 3. The third-order valence-electron chi connectivity index (χ3n) is 3.87. The van der Waals surface area contributed by atoms with Crippen LogP contribution in [0.2, 0.25) is 0 Å². The molecule has 0 bridgehead atoms. The normalized spacial score (nSPS) is 24.6. The summed E-state index contributed by atoms with van der Waals surface area (Å²) >= 11 is 0. The number of aliphatic hydroxyl groups is 1. The number of nitrogens with zero attached hydrogens (tertiary/aromatic N) is 1. The van der Waals surface area contributed by atoms with Gasteiger partial charge in [0, 0.05) is 6.54 Å². The van der Waals surface area contributed by atoms with Gasteiger partial charge in [-0.15, -0.1) is 0 Å². The van der Waals surface area contributed by atoms with Gasteiger partial charge in [0.2, 0.25) is 5.91 Å². The van der Waals surface area contributed by atoms with E-state index < -0.39 is 5.60 Å². The molecule has 21 heavy (non-hydrogen) atoms. The van der Waals surface area contributed by atoms with Crippen LogP contribution in [0.3, 0.4) is 0 Å². The summed E-state index contributed by atoms with van der Waals surface area (Å²) in [5.41, 5.74) is 0.163. The monoisotopic (exact) mass is 294 g/mol. The maximum atomic E-state index is 12.9. The van der Waals surface area contributed by atoms with Crippen LogP contribution < -0.4 is 5.32 Å². The molecule has 1 saturated heterocycles. The van der Waals surface area contributed by atoms with Crippen molar-refractivity contribution in [2.24, 2.45) is 0 Å².